The molecule has 0 fully saturated rings. The molecule has 0 spiro atoms. The van der Waals surface area contributed by atoms with E-state index in [0.717, 1.165) is 30.7 Å². The number of benzene rings is 2. The molecule has 0 radical (unpaired) electrons. The van der Waals surface area contributed by atoms with E-state index >= 15 is 0 Å². The number of ether oxygens (including phenoxy) is 3. The molecule has 0 saturated carbocycles. The Hall–Kier alpha value is -3.02. The van der Waals surface area contributed by atoms with Gasteiger partial charge in [0.15, 0.2) is 11.5 Å². The van der Waals surface area contributed by atoms with Gasteiger partial charge in [-0.1, -0.05) is 24.3 Å². The first-order valence-corrected chi connectivity index (χ1v) is 8.52. The van der Waals surface area contributed by atoms with E-state index in [4.69, 9.17) is 14.2 Å². The molecule has 0 amide bonds. The van der Waals surface area contributed by atoms with Crippen molar-refractivity contribution in [3.63, 3.8) is 0 Å². The van der Waals surface area contributed by atoms with Crippen LogP contribution in [0, 0.1) is 0 Å². The zero-order valence-electron chi connectivity index (χ0n) is 15.2. The fraction of sp³-hybridized carbons (Fsp3) is 0.300. The maximum atomic E-state index is 5.58. The normalized spacial score (nSPS) is 13.4. The number of rotatable bonds is 4. The van der Waals surface area contributed by atoms with Crippen molar-refractivity contribution in [3.8, 4) is 17.2 Å². The maximum absolute atomic E-state index is 5.58. The van der Waals surface area contributed by atoms with Gasteiger partial charge in [-0.15, -0.1) is 0 Å². The molecule has 0 saturated heterocycles. The molecule has 6 heteroatoms. The second-order valence-electron chi connectivity index (χ2n) is 6.18. The second-order valence-corrected chi connectivity index (χ2v) is 6.18. The molecule has 26 heavy (non-hydrogen) atoms. The van der Waals surface area contributed by atoms with Gasteiger partial charge < -0.3 is 19.1 Å². The Labute approximate surface area is 152 Å². The van der Waals surface area contributed by atoms with Gasteiger partial charge in [-0.05, 0) is 23.6 Å². The van der Waals surface area contributed by atoms with Crippen LogP contribution in [-0.4, -0.2) is 37.8 Å². The van der Waals surface area contributed by atoms with Gasteiger partial charge in [0.05, 0.1) is 26.7 Å². The number of aromatic nitrogens is 2. The molecular weight excluding hydrogens is 330 g/mol. The van der Waals surface area contributed by atoms with Crippen LogP contribution in [0.25, 0.3) is 10.9 Å². The number of methoxy groups -OCH3 is 3. The van der Waals surface area contributed by atoms with E-state index in [1.165, 1.54) is 11.1 Å². The van der Waals surface area contributed by atoms with Gasteiger partial charge in [0.2, 0.25) is 5.75 Å². The van der Waals surface area contributed by atoms with Crippen LogP contribution < -0.4 is 19.1 Å². The molecular formula is C20H21N3O3. The van der Waals surface area contributed by atoms with Crippen LogP contribution in [0.5, 0.6) is 17.2 Å². The molecule has 0 unspecified atom stereocenters. The van der Waals surface area contributed by atoms with Crippen LogP contribution in [0.15, 0.2) is 36.7 Å². The van der Waals surface area contributed by atoms with Crippen molar-refractivity contribution < 1.29 is 14.2 Å². The summed E-state index contributed by atoms with van der Waals surface area (Å²) in [6.07, 6.45) is 2.57. The average Bonchev–Trinajstić information content (AvgIpc) is 2.71. The minimum absolute atomic E-state index is 0.538. The lowest BCUT2D eigenvalue weighted by molar-refractivity contribution is 0.327. The Balaban J connectivity index is 1.86. The zero-order chi connectivity index (χ0) is 18.1. The van der Waals surface area contributed by atoms with Crippen molar-refractivity contribution in [1.29, 1.82) is 0 Å². The molecule has 1 aliphatic rings. The lowest BCUT2D eigenvalue weighted by atomic mass is 9.99. The summed E-state index contributed by atoms with van der Waals surface area (Å²) in [4.78, 5) is 11.3. The predicted molar refractivity (Wildman–Crippen MR) is 100 cm³/mol. The third-order valence-electron chi connectivity index (χ3n) is 4.84. The summed E-state index contributed by atoms with van der Waals surface area (Å²) in [7, 11) is 4.81. The number of hydrogen-bond donors (Lipinski definition) is 0. The summed E-state index contributed by atoms with van der Waals surface area (Å²) in [5, 5.41) is 0.890. The van der Waals surface area contributed by atoms with Crippen LogP contribution in [0.4, 0.5) is 5.82 Å². The molecule has 134 valence electrons. The van der Waals surface area contributed by atoms with E-state index in [-0.39, 0.29) is 0 Å². The predicted octanol–water partition coefficient (Wildman–Crippen LogP) is 3.22. The van der Waals surface area contributed by atoms with Gasteiger partial charge >= 0.3 is 0 Å². The first kappa shape index (κ1) is 16.4. The summed E-state index contributed by atoms with van der Waals surface area (Å²) >= 11 is 0. The standard InChI is InChI=1S/C20H21N3O3/c1-24-16-10-15-17(19(26-3)18(16)25-2)21-12-22-20(15)23-9-8-13-6-4-5-7-14(13)11-23/h4-7,10,12H,8-9,11H2,1-3H3. The fourth-order valence-corrected chi connectivity index (χ4v) is 3.58. The quantitative estimate of drug-likeness (QED) is 0.719. The molecule has 0 aliphatic carbocycles. The Kier molecular flexibility index (Phi) is 4.24. The topological polar surface area (TPSA) is 56.7 Å². The van der Waals surface area contributed by atoms with Crippen LogP contribution >= 0.6 is 0 Å². The van der Waals surface area contributed by atoms with Crippen molar-refractivity contribution in [3.05, 3.63) is 47.8 Å². The first-order valence-electron chi connectivity index (χ1n) is 8.52. The van der Waals surface area contributed by atoms with Crippen molar-refractivity contribution in [1.82, 2.24) is 9.97 Å². The largest absolute Gasteiger partial charge is 0.493 e. The molecule has 2 heterocycles. The summed E-state index contributed by atoms with van der Waals surface area (Å²) in [6.45, 7) is 1.72. The lowest BCUT2D eigenvalue weighted by Crippen LogP contribution is -2.31. The number of fused-ring (bicyclic) bond motifs is 2. The minimum Gasteiger partial charge on any atom is -0.493 e. The third kappa shape index (κ3) is 2.58. The van der Waals surface area contributed by atoms with Gasteiger partial charge in [-0.25, -0.2) is 9.97 Å². The molecule has 0 atom stereocenters. The summed E-state index contributed by atoms with van der Waals surface area (Å²) < 4.78 is 16.6. The highest BCUT2D eigenvalue weighted by Gasteiger charge is 2.23. The van der Waals surface area contributed by atoms with Gasteiger partial charge in [-0.3, -0.25) is 0 Å². The molecule has 1 aliphatic heterocycles. The highest BCUT2D eigenvalue weighted by atomic mass is 16.5. The van der Waals surface area contributed by atoms with E-state index in [0.29, 0.717) is 22.8 Å². The fourth-order valence-electron chi connectivity index (χ4n) is 3.58. The van der Waals surface area contributed by atoms with Gasteiger partial charge in [-0.2, -0.15) is 0 Å². The van der Waals surface area contributed by atoms with E-state index < -0.39 is 0 Å². The molecule has 3 aromatic rings. The first-order chi connectivity index (χ1) is 12.8. The maximum Gasteiger partial charge on any atom is 0.205 e. The van der Waals surface area contributed by atoms with Crippen LogP contribution in [0.2, 0.25) is 0 Å². The number of nitrogens with zero attached hydrogens (tertiary/aromatic N) is 3. The number of hydrogen-bond acceptors (Lipinski definition) is 6. The SMILES string of the molecule is COc1cc2c(N3CCc4ccccc4C3)ncnc2c(OC)c1OC. The van der Waals surface area contributed by atoms with E-state index in [1.807, 2.05) is 6.07 Å². The Morgan fingerprint density at radius 3 is 2.42 bits per heavy atom. The average molecular weight is 351 g/mol. The van der Waals surface area contributed by atoms with E-state index in [2.05, 4.69) is 39.1 Å². The highest BCUT2D eigenvalue weighted by Crippen LogP contribution is 2.44. The van der Waals surface area contributed by atoms with Gasteiger partial charge in [0.1, 0.15) is 17.7 Å². The molecule has 1 aromatic heterocycles. The Morgan fingerprint density at radius 1 is 0.923 bits per heavy atom. The highest BCUT2D eigenvalue weighted by molar-refractivity contribution is 5.97. The van der Waals surface area contributed by atoms with Gasteiger partial charge in [0, 0.05) is 13.1 Å². The van der Waals surface area contributed by atoms with Crippen LogP contribution in [-0.2, 0) is 13.0 Å². The van der Waals surface area contributed by atoms with E-state index in [1.54, 1.807) is 27.7 Å². The van der Waals surface area contributed by atoms with Crippen LogP contribution in [0.1, 0.15) is 11.1 Å². The minimum atomic E-state index is 0.538. The molecule has 0 N–H and O–H groups in total. The summed E-state index contributed by atoms with van der Waals surface area (Å²) in [5.41, 5.74) is 3.45. The Bertz CT molecular complexity index is 958. The van der Waals surface area contributed by atoms with Crippen molar-refractivity contribution in [2.75, 3.05) is 32.8 Å². The summed E-state index contributed by atoms with van der Waals surface area (Å²) in [5.74, 6) is 2.58. The summed E-state index contributed by atoms with van der Waals surface area (Å²) in [6, 6.07) is 10.5. The van der Waals surface area contributed by atoms with E-state index in [9.17, 15) is 0 Å². The van der Waals surface area contributed by atoms with Crippen molar-refractivity contribution >= 4 is 16.7 Å². The molecule has 6 nitrogen and oxygen atoms in total. The Morgan fingerprint density at radius 2 is 1.69 bits per heavy atom. The molecule has 0 bridgehead atoms. The lowest BCUT2D eigenvalue weighted by Gasteiger charge is -2.30. The van der Waals surface area contributed by atoms with Crippen molar-refractivity contribution in [2.24, 2.45) is 0 Å². The monoisotopic (exact) mass is 351 g/mol. The zero-order valence-corrected chi connectivity index (χ0v) is 15.2. The molecule has 4 rings (SSSR count). The smallest absolute Gasteiger partial charge is 0.205 e. The molecule has 2 aromatic carbocycles. The van der Waals surface area contributed by atoms with Gasteiger partial charge in [0.25, 0.3) is 0 Å². The third-order valence-corrected chi connectivity index (χ3v) is 4.84. The van der Waals surface area contributed by atoms with Crippen molar-refractivity contribution in [2.45, 2.75) is 13.0 Å². The van der Waals surface area contributed by atoms with Crippen LogP contribution in [0.3, 0.4) is 0 Å². The number of anilines is 1. The second kappa shape index (κ2) is 6.71.